The average molecular weight is 318 g/mol. The highest BCUT2D eigenvalue weighted by molar-refractivity contribution is 6.37. The zero-order chi connectivity index (χ0) is 15.1. The summed E-state index contributed by atoms with van der Waals surface area (Å²) in [7, 11) is 0. The highest BCUT2D eigenvalue weighted by Gasteiger charge is 2.42. The van der Waals surface area contributed by atoms with E-state index in [9.17, 15) is 9.59 Å². The number of carbonyl (C=O) groups is 2. The standard InChI is InChI=1S/C11H13Cl2N5O2/c1-11(2)10(20)15-7(19)4-18(11)9-6(13)3-5(12)8(16-9)17-14/h3H,4,14H2,1-2H3,(H,16,17)(H,15,19,20). The number of hydrogen-bond donors (Lipinski definition) is 3. The first-order valence-corrected chi connectivity index (χ1v) is 6.47. The van der Waals surface area contributed by atoms with Crippen LogP contribution in [0.5, 0.6) is 0 Å². The minimum atomic E-state index is -0.982. The fourth-order valence-electron chi connectivity index (χ4n) is 1.87. The highest BCUT2D eigenvalue weighted by atomic mass is 35.5. The Hall–Kier alpha value is -1.57. The molecular weight excluding hydrogens is 305 g/mol. The Morgan fingerprint density at radius 1 is 1.40 bits per heavy atom. The van der Waals surface area contributed by atoms with Crippen LogP contribution in [0, 0.1) is 0 Å². The minimum absolute atomic E-state index is 0.0445. The SMILES string of the molecule is CC1(C)C(=O)NC(=O)CN1c1nc(NN)c(Cl)cc1Cl. The molecule has 2 amide bonds. The molecule has 2 rings (SSSR count). The topological polar surface area (TPSA) is 100 Å². The summed E-state index contributed by atoms with van der Waals surface area (Å²) in [6.07, 6.45) is 0. The first-order valence-electron chi connectivity index (χ1n) is 5.72. The van der Waals surface area contributed by atoms with Gasteiger partial charge in [-0.3, -0.25) is 14.9 Å². The molecule has 1 aliphatic rings. The molecule has 108 valence electrons. The zero-order valence-corrected chi connectivity index (χ0v) is 12.3. The van der Waals surface area contributed by atoms with E-state index in [0.29, 0.717) is 0 Å². The van der Waals surface area contributed by atoms with Gasteiger partial charge in [-0.05, 0) is 19.9 Å². The number of halogens is 2. The number of hydrazine groups is 1. The number of nitrogens with one attached hydrogen (secondary N) is 2. The lowest BCUT2D eigenvalue weighted by Gasteiger charge is -2.41. The third-order valence-corrected chi connectivity index (χ3v) is 3.65. The van der Waals surface area contributed by atoms with E-state index >= 15 is 0 Å². The van der Waals surface area contributed by atoms with Crippen LogP contribution in [0.3, 0.4) is 0 Å². The lowest BCUT2D eigenvalue weighted by molar-refractivity contribution is -0.135. The average Bonchev–Trinajstić information content (AvgIpc) is 2.35. The van der Waals surface area contributed by atoms with E-state index in [0.717, 1.165) is 0 Å². The van der Waals surface area contributed by atoms with Gasteiger partial charge in [0.2, 0.25) is 5.91 Å². The molecule has 2 heterocycles. The van der Waals surface area contributed by atoms with Gasteiger partial charge in [0.1, 0.15) is 5.54 Å². The molecule has 0 aliphatic carbocycles. The van der Waals surface area contributed by atoms with Crippen LogP contribution in [0.1, 0.15) is 13.8 Å². The number of anilines is 2. The maximum Gasteiger partial charge on any atom is 0.251 e. The van der Waals surface area contributed by atoms with E-state index in [1.54, 1.807) is 13.8 Å². The maximum atomic E-state index is 11.9. The first-order chi connectivity index (χ1) is 9.27. The summed E-state index contributed by atoms with van der Waals surface area (Å²) in [5, 5.41) is 2.74. The van der Waals surface area contributed by atoms with E-state index in [2.05, 4.69) is 15.7 Å². The molecule has 20 heavy (non-hydrogen) atoms. The number of carbonyl (C=O) groups excluding carboxylic acids is 2. The van der Waals surface area contributed by atoms with Crippen molar-refractivity contribution in [2.75, 3.05) is 16.9 Å². The smallest absolute Gasteiger partial charge is 0.251 e. The van der Waals surface area contributed by atoms with Crippen LogP contribution in [-0.2, 0) is 9.59 Å². The minimum Gasteiger partial charge on any atom is -0.332 e. The molecule has 0 atom stereocenters. The number of nitrogens with two attached hydrogens (primary N) is 1. The van der Waals surface area contributed by atoms with E-state index in [1.807, 2.05) is 0 Å². The van der Waals surface area contributed by atoms with Gasteiger partial charge >= 0.3 is 0 Å². The molecule has 1 saturated heterocycles. The number of amides is 2. The van der Waals surface area contributed by atoms with Crippen LogP contribution >= 0.6 is 23.2 Å². The molecule has 1 aromatic rings. The normalized spacial score (nSPS) is 17.9. The second-order valence-electron chi connectivity index (χ2n) is 4.79. The summed E-state index contributed by atoms with van der Waals surface area (Å²) in [6.45, 7) is 3.28. The fourth-order valence-corrected chi connectivity index (χ4v) is 2.39. The number of rotatable bonds is 2. The lowest BCUT2D eigenvalue weighted by Crippen LogP contribution is -2.64. The number of pyridine rings is 1. The largest absolute Gasteiger partial charge is 0.332 e. The molecule has 0 aromatic carbocycles. The van der Waals surface area contributed by atoms with Crippen molar-refractivity contribution in [1.82, 2.24) is 10.3 Å². The summed E-state index contributed by atoms with van der Waals surface area (Å²) in [6, 6.07) is 1.45. The van der Waals surface area contributed by atoms with Gasteiger partial charge in [-0.2, -0.15) is 0 Å². The molecule has 0 saturated carbocycles. The Morgan fingerprint density at radius 2 is 2.05 bits per heavy atom. The molecule has 4 N–H and O–H groups in total. The van der Waals surface area contributed by atoms with Crippen molar-refractivity contribution in [2.24, 2.45) is 5.84 Å². The van der Waals surface area contributed by atoms with Gasteiger partial charge in [-0.25, -0.2) is 10.8 Å². The van der Waals surface area contributed by atoms with Crippen LogP contribution in [-0.4, -0.2) is 28.9 Å². The Labute approximate surface area is 125 Å². The molecule has 7 nitrogen and oxygen atoms in total. The predicted octanol–water partition coefficient (Wildman–Crippen LogP) is 0.915. The van der Waals surface area contributed by atoms with Crippen LogP contribution in [0.15, 0.2) is 6.07 Å². The lowest BCUT2D eigenvalue weighted by atomic mass is 9.98. The second-order valence-corrected chi connectivity index (χ2v) is 5.61. The summed E-state index contributed by atoms with van der Waals surface area (Å²) in [5.74, 6) is 4.93. The van der Waals surface area contributed by atoms with Crippen LogP contribution < -0.4 is 21.5 Å². The Kier molecular flexibility index (Phi) is 3.77. The molecule has 0 spiro atoms. The van der Waals surface area contributed by atoms with Crippen LogP contribution in [0.4, 0.5) is 11.6 Å². The summed E-state index contributed by atoms with van der Waals surface area (Å²) in [4.78, 5) is 29.2. The van der Waals surface area contributed by atoms with Gasteiger partial charge in [-0.1, -0.05) is 23.2 Å². The maximum absolute atomic E-state index is 11.9. The van der Waals surface area contributed by atoms with E-state index in [-0.39, 0.29) is 28.2 Å². The van der Waals surface area contributed by atoms with Crippen molar-refractivity contribution in [3.8, 4) is 0 Å². The third kappa shape index (κ3) is 2.39. The van der Waals surface area contributed by atoms with Crippen LogP contribution in [0.2, 0.25) is 10.0 Å². The molecule has 0 radical (unpaired) electrons. The highest BCUT2D eigenvalue weighted by Crippen LogP contribution is 2.35. The number of nitrogen functional groups attached to an aromatic ring is 1. The van der Waals surface area contributed by atoms with Crippen molar-refractivity contribution in [2.45, 2.75) is 19.4 Å². The molecule has 1 aliphatic heterocycles. The molecule has 1 aromatic heterocycles. The molecule has 0 bridgehead atoms. The Bertz CT molecular complexity index is 590. The molecule has 1 fully saturated rings. The molecule has 0 unspecified atom stereocenters. The van der Waals surface area contributed by atoms with E-state index in [4.69, 9.17) is 29.0 Å². The Morgan fingerprint density at radius 3 is 2.65 bits per heavy atom. The van der Waals surface area contributed by atoms with Crippen LogP contribution in [0.25, 0.3) is 0 Å². The van der Waals surface area contributed by atoms with Crippen molar-refractivity contribution in [1.29, 1.82) is 0 Å². The first kappa shape index (κ1) is 14.8. The van der Waals surface area contributed by atoms with Gasteiger partial charge < -0.3 is 10.3 Å². The van der Waals surface area contributed by atoms with Gasteiger partial charge in [0, 0.05) is 0 Å². The number of aromatic nitrogens is 1. The van der Waals surface area contributed by atoms with Crippen molar-refractivity contribution in [3.63, 3.8) is 0 Å². The van der Waals surface area contributed by atoms with E-state index in [1.165, 1.54) is 11.0 Å². The third-order valence-electron chi connectivity index (χ3n) is 3.09. The van der Waals surface area contributed by atoms with E-state index < -0.39 is 17.4 Å². The Balaban J connectivity index is 2.54. The van der Waals surface area contributed by atoms with Gasteiger partial charge in [0.05, 0.1) is 16.6 Å². The predicted molar refractivity (Wildman–Crippen MR) is 76.6 cm³/mol. The second kappa shape index (κ2) is 5.08. The molecular formula is C11H13Cl2N5O2. The van der Waals surface area contributed by atoms with Gasteiger partial charge in [-0.15, -0.1) is 0 Å². The van der Waals surface area contributed by atoms with Crippen molar-refractivity contribution >= 4 is 46.7 Å². The van der Waals surface area contributed by atoms with Crippen molar-refractivity contribution < 1.29 is 9.59 Å². The summed E-state index contributed by atoms with van der Waals surface area (Å²) in [5.41, 5.74) is 1.36. The fraction of sp³-hybridized carbons (Fsp3) is 0.364. The number of hydrogen-bond acceptors (Lipinski definition) is 6. The number of nitrogens with zero attached hydrogens (tertiary/aromatic N) is 2. The quantitative estimate of drug-likeness (QED) is 0.426. The molecule has 9 heteroatoms. The monoisotopic (exact) mass is 317 g/mol. The zero-order valence-electron chi connectivity index (χ0n) is 10.8. The number of imide groups is 1. The number of piperazine rings is 1. The summed E-state index contributed by atoms with van der Waals surface area (Å²) < 4.78 is 0. The van der Waals surface area contributed by atoms with Gasteiger partial charge in [0.25, 0.3) is 5.91 Å². The summed E-state index contributed by atoms with van der Waals surface area (Å²) >= 11 is 12.0. The van der Waals surface area contributed by atoms with Crippen molar-refractivity contribution in [3.05, 3.63) is 16.1 Å². The van der Waals surface area contributed by atoms with Gasteiger partial charge in [0.15, 0.2) is 11.6 Å².